The summed E-state index contributed by atoms with van der Waals surface area (Å²) >= 11 is 2.68. The molecule has 0 bridgehead atoms. The minimum atomic E-state index is -0.310. The highest BCUT2D eigenvalue weighted by atomic mass is 32.2. The molecule has 0 aliphatic carbocycles. The Morgan fingerprint density at radius 2 is 1.83 bits per heavy atom. The zero-order chi connectivity index (χ0) is 21.7. The first-order chi connectivity index (χ1) is 14.4. The molecule has 2 heterocycles. The second kappa shape index (κ2) is 9.90. The Balaban J connectivity index is 1.55. The van der Waals surface area contributed by atoms with E-state index in [0.29, 0.717) is 21.9 Å². The van der Waals surface area contributed by atoms with Crippen LogP contribution in [0.4, 0.5) is 5.13 Å². The fourth-order valence-corrected chi connectivity index (χ4v) is 4.00. The zero-order valence-electron chi connectivity index (χ0n) is 17.4. The number of hydrogen-bond acceptors (Lipinski definition) is 9. The van der Waals surface area contributed by atoms with E-state index in [4.69, 9.17) is 9.47 Å². The molecule has 1 amide bonds. The van der Waals surface area contributed by atoms with Gasteiger partial charge in [-0.1, -0.05) is 36.9 Å². The number of rotatable bonds is 9. The summed E-state index contributed by atoms with van der Waals surface area (Å²) in [6, 6.07) is 7.34. The maximum Gasteiger partial charge on any atom is 0.236 e. The second-order valence-corrected chi connectivity index (χ2v) is 8.72. The standard InChI is InChI=1S/C19H24N6O3S2/c1-11(2)17-22-23-18(30-17)20-15(26)10-29-19-24-21-16(25(19)4)12(3)28-14-8-6-13(27-5)7-9-14/h6-9,11-12H,10H2,1-5H3,(H,20,23,26). The third kappa shape index (κ3) is 5.48. The van der Waals surface area contributed by atoms with Crippen LogP contribution in [0.5, 0.6) is 11.5 Å². The van der Waals surface area contributed by atoms with E-state index < -0.39 is 0 Å². The molecule has 3 rings (SSSR count). The summed E-state index contributed by atoms with van der Waals surface area (Å²) in [7, 11) is 3.47. The molecule has 1 aromatic carbocycles. The molecule has 0 spiro atoms. The highest BCUT2D eigenvalue weighted by molar-refractivity contribution is 7.99. The van der Waals surface area contributed by atoms with Gasteiger partial charge in [-0.3, -0.25) is 10.1 Å². The molecule has 2 aromatic heterocycles. The molecule has 1 atom stereocenters. The number of amides is 1. The summed E-state index contributed by atoms with van der Waals surface area (Å²) in [5.41, 5.74) is 0. The quantitative estimate of drug-likeness (QED) is 0.495. The Bertz CT molecular complexity index is 987. The maximum atomic E-state index is 12.2. The number of aromatic nitrogens is 5. The van der Waals surface area contributed by atoms with Crippen molar-refractivity contribution in [2.75, 3.05) is 18.2 Å². The van der Waals surface area contributed by atoms with E-state index in [2.05, 4.69) is 25.7 Å². The third-order valence-corrected chi connectivity index (χ3v) is 6.28. The number of ether oxygens (including phenoxy) is 2. The molecule has 0 aliphatic heterocycles. The lowest BCUT2D eigenvalue weighted by atomic mass is 10.2. The summed E-state index contributed by atoms with van der Waals surface area (Å²) in [5, 5.41) is 21.3. The minimum Gasteiger partial charge on any atom is -0.497 e. The van der Waals surface area contributed by atoms with Gasteiger partial charge in [0.05, 0.1) is 12.9 Å². The number of nitrogens with one attached hydrogen (secondary N) is 1. The van der Waals surface area contributed by atoms with Crippen LogP contribution in [0.15, 0.2) is 29.4 Å². The first-order valence-electron chi connectivity index (χ1n) is 9.33. The molecule has 0 aliphatic rings. The van der Waals surface area contributed by atoms with Crippen molar-refractivity contribution in [3.8, 4) is 11.5 Å². The summed E-state index contributed by atoms with van der Waals surface area (Å²) in [5.74, 6) is 2.44. The van der Waals surface area contributed by atoms with Gasteiger partial charge in [0.1, 0.15) is 16.5 Å². The van der Waals surface area contributed by atoms with E-state index in [1.54, 1.807) is 7.11 Å². The molecular weight excluding hydrogens is 424 g/mol. The molecule has 0 saturated heterocycles. The minimum absolute atomic E-state index is 0.168. The lowest BCUT2D eigenvalue weighted by molar-refractivity contribution is -0.113. The molecule has 11 heteroatoms. The monoisotopic (exact) mass is 448 g/mol. The Kier molecular flexibility index (Phi) is 7.27. The van der Waals surface area contributed by atoms with E-state index >= 15 is 0 Å². The van der Waals surface area contributed by atoms with Crippen molar-refractivity contribution < 1.29 is 14.3 Å². The third-order valence-electron chi connectivity index (χ3n) is 4.12. The van der Waals surface area contributed by atoms with Gasteiger partial charge in [0.15, 0.2) is 17.1 Å². The average molecular weight is 449 g/mol. The van der Waals surface area contributed by atoms with E-state index in [1.165, 1.54) is 23.1 Å². The molecule has 3 aromatic rings. The van der Waals surface area contributed by atoms with Gasteiger partial charge in [0, 0.05) is 13.0 Å². The van der Waals surface area contributed by atoms with Gasteiger partial charge in [-0.2, -0.15) is 0 Å². The van der Waals surface area contributed by atoms with Gasteiger partial charge in [0.2, 0.25) is 11.0 Å². The molecule has 160 valence electrons. The number of methoxy groups -OCH3 is 1. The van der Waals surface area contributed by atoms with Crippen LogP contribution in [0.3, 0.4) is 0 Å². The average Bonchev–Trinajstić information content (AvgIpc) is 3.34. The number of thioether (sulfide) groups is 1. The predicted octanol–water partition coefficient (Wildman–Crippen LogP) is 3.67. The van der Waals surface area contributed by atoms with E-state index in [0.717, 1.165) is 10.8 Å². The fraction of sp³-hybridized carbons (Fsp3) is 0.421. The van der Waals surface area contributed by atoms with Crippen LogP contribution in [0.2, 0.25) is 0 Å². The van der Waals surface area contributed by atoms with Gasteiger partial charge in [-0.05, 0) is 31.2 Å². The molecule has 0 saturated carbocycles. The molecule has 0 fully saturated rings. The largest absolute Gasteiger partial charge is 0.497 e. The number of benzene rings is 1. The van der Waals surface area contributed by atoms with Crippen molar-refractivity contribution in [2.24, 2.45) is 7.05 Å². The highest BCUT2D eigenvalue weighted by Gasteiger charge is 2.18. The molecular formula is C19H24N6O3S2. The van der Waals surface area contributed by atoms with E-state index in [1.807, 2.05) is 56.7 Å². The number of anilines is 1. The summed E-state index contributed by atoms with van der Waals surface area (Å²) in [6.07, 6.45) is -0.310. The van der Waals surface area contributed by atoms with Crippen molar-refractivity contribution in [2.45, 2.75) is 37.9 Å². The van der Waals surface area contributed by atoms with Crippen molar-refractivity contribution in [1.82, 2.24) is 25.0 Å². The van der Waals surface area contributed by atoms with Crippen molar-refractivity contribution in [1.29, 1.82) is 0 Å². The first-order valence-corrected chi connectivity index (χ1v) is 11.1. The lowest BCUT2D eigenvalue weighted by Gasteiger charge is -2.14. The van der Waals surface area contributed by atoms with E-state index in [9.17, 15) is 4.79 Å². The van der Waals surface area contributed by atoms with Crippen LogP contribution in [0, 0.1) is 0 Å². The molecule has 0 radical (unpaired) electrons. The van der Waals surface area contributed by atoms with Crippen LogP contribution in [-0.2, 0) is 11.8 Å². The fourth-order valence-electron chi connectivity index (χ4n) is 2.52. The molecule has 9 nitrogen and oxygen atoms in total. The van der Waals surface area contributed by atoms with Crippen LogP contribution in [0.1, 0.15) is 43.6 Å². The molecule has 30 heavy (non-hydrogen) atoms. The smallest absolute Gasteiger partial charge is 0.236 e. The molecule has 1 unspecified atom stereocenters. The summed E-state index contributed by atoms with van der Waals surface area (Å²) in [4.78, 5) is 12.2. The Morgan fingerprint density at radius 3 is 2.47 bits per heavy atom. The molecule has 1 N–H and O–H groups in total. The van der Waals surface area contributed by atoms with Crippen LogP contribution < -0.4 is 14.8 Å². The first kappa shape index (κ1) is 22.0. The second-order valence-electron chi connectivity index (χ2n) is 6.77. The van der Waals surface area contributed by atoms with Gasteiger partial charge in [-0.15, -0.1) is 20.4 Å². The van der Waals surface area contributed by atoms with E-state index in [-0.39, 0.29) is 23.7 Å². The zero-order valence-corrected chi connectivity index (χ0v) is 19.1. The summed E-state index contributed by atoms with van der Waals surface area (Å²) < 4.78 is 12.9. The van der Waals surface area contributed by atoms with Crippen LogP contribution in [-0.4, -0.2) is 43.7 Å². The van der Waals surface area contributed by atoms with Gasteiger partial charge < -0.3 is 14.0 Å². The number of nitrogens with zero attached hydrogens (tertiary/aromatic N) is 5. The van der Waals surface area contributed by atoms with Gasteiger partial charge in [-0.25, -0.2) is 0 Å². The summed E-state index contributed by atoms with van der Waals surface area (Å²) in [6.45, 7) is 5.97. The number of carbonyl (C=O) groups excluding carboxylic acids is 1. The van der Waals surface area contributed by atoms with Crippen LogP contribution in [0.25, 0.3) is 0 Å². The number of hydrogen-bond donors (Lipinski definition) is 1. The highest BCUT2D eigenvalue weighted by Crippen LogP contribution is 2.26. The Hall–Kier alpha value is -2.66. The van der Waals surface area contributed by atoms with Gasteiger partial charge in [0.25, 0.3) is 0 Å². The normalized spacial score (nSPS) is 12.1. The van der Waals surface area contributed by atoms with Crippen molar-refractivity contribution in [3.05, 3.63) is 35.1 Å². The topological polar surface area (TPSA) is 104 Å². The Morgan fingerprint density at radius 1 is 1.13 bits per heavy atom. The Labute approximate surface area is 183 Å². The van der Waals surface area contributed by atoms with Crippen molar-refractivity contribution in [3.63, 3.8) is 0 Å². The lowest BCUT2D eigenvalue weighted by Crippen LogP contribution is -2.14. The predicted molar refractivity (Wildman–Crippen MR) is 116 cm³/mol. The maximum absolute atomic E-state index is 12.2. The van der Waals surface area contributed by atoms with Crippen LogP contribution >= 0.6 is 23.1 Å². The number of carbonyl (C=O) groups is 1. The van der Waals surface area contributed by atoms with Gasteiger partial charge >= 0.3 is 0 Å². The van der Waals surface area contributed by atoms with Crippen molar-refractivity contribution >= 4 is 34.1 Å². The SMILES string of the molecule is COc1ccc(OC(C)c2nnc(SCC(=O)Nc3nnc(C(C)C)s3)n2C)cc1.